The Morgan fingerprint density at radius 2 is 1.59 bits per heavy atom. The van der Waals surface area contributed by atoms with E-state index in [-0.39, 0.29) is 13.2 Å². The molecule has 1 heterocycles. The Morgan fingerprint density at radius 1 is 1.03 bits per heavy atom. The molecule has 0 spiro atoms. The maximum Gasteiger partial charge on any atom is 0.311 e. The Kier molecular flexibility index (Phi) is 8.10. The molecule has 0 amide bonds. The van der Waals surface area contributed by atoms with Crippen LogP contribution in [0.25, 0.3) is 0 Å². The van der Waals surface area contributed by atoms with Gasteiger partial charge in [-0.3, -0.25) is 9.59 Å². The van der Waals surface area contributed by atoms with Gasteiger partial charge in [0.05, 0.1) is 17.4 Å². The summed E-state index contributed by atoms with van der Waals surface area (Å²) in [4.78, 5) is 25.0. The molecule has 2 rings (SSSR count). The Bertz CT molecular complexity index is 779. The third-order valence-corrected chi connectivity index (χ3v) is 5.30. The van der Waals surface area contributed by atoms with E-state index in [0.29, 0.717) is 0 Å². The lowest BCUT2D eigenvalue weighted by Crippen LogP contribution is -2.54. The molecular formula is C24H36O8. The minimum absolute atomic E-state index is 0.128. The van der Waals surface area contributed by atoms with E-state index in [1.54, 1.807) is 48.5 Å². The van der Waals surface area contributed by atoms with Crippen LogP contribution in [0.4, 0.5) is 0 Å². The second kappa shape index (κ2) is 9.87. The normalized spacial score (nSPS) is 27.1. The quantitative estimate of drug-likeness (QED) is 0.607. The Morgan fingerprint density at radius 3 is 2.12 bits per heavy atom. The van der Waals surface area contributed by atoms with E-state index in [4.69, 9.17) is 18.9 Å². The summed E-state index contributed by atoms with van der Waals surface area (Å²) in [6.07, 6.45) is -5.17. The number of aliphatic hydroxyl groups is 2. The van der Waals surface area contributed by atoms with Crippen LogP contribution in [0, 0.1) is 10.8 Å². The van der Waals surface area contributed by atoms with Gasteiger partial charge in [0.15, 0.2) is 12.4 Å². The molecule has 0 radical (unpaired) electrons. The second-order valence-electron chi connectivity index (χ2n) is 10.4. The monoisotopic (exact) mass is 452 g/mol. The topological polar surface area (TPSA) is 112 Å². The third-order valence-electron chi connectivity index (χ3n) is 5.30. The first-order valence-corrected chi connectivity index (χ1v) is 10.7. The molecule has 32 heavy (non-hydrogen) atoms. The van der Waals surface area contributed by atoms with Gasteiger partial charge in [-0.2, -0.15) is 0 Å². The van der Waals surface area contributed by atoms with Crippen LogP contribution in [0.2, 0.25) is 0 Å². The summed E-state index contributed by atoms with van der Waals surface area (Å²) in [7, 11) is 0. The zero-order valence-electron chi connectivity index (χ0n) is 20.0. The number of esters is 2. The van der Waals surface area contributed by atoms with E-state index in [2.05, 4.69) is 0 Å². The van der Waals surface area contributed by atoms with Gasteiger partial charge in [0, 0.05) is 0 Å². The van der Waals surface area contributed by atoms with Crippen LogP contribution >= 0.6 is 0 Å². The fraction of sp³-hybridized carbons (Fsp3) is 0.667. The summed E-state index contributed by atoms with van der Waals surface area (Å²) in [6, 6.07) is 9.30. The van der Waals surface area contributed by atoms with Gasteiger partial charge in [-0.15, -0.1) is 0 Å². The molecule has 0 aromatic heterocycles. The van der Waals surface area contributed by atoms with Crippen LogP contribution in [0.3, 0.4) is 0 Å². The SMILES string of the molecule is CC(C)(C)C(=O)OC[C@@H](OC(=O)C(C)(C)C)[C@H]1OC(O)[C@H](O)[C@]1(C)OCc1ccccc1. The largest absolute Gasteiger partial charge is 0.461 e. The highest BCUT2D eigenvalue weighted by atomic mass is 16.7. The zero-order chi connectivity index (χ0) is 24.3. The molecule has 8 nitrogen and oxygen atoms in total. The first-order valence-electron chi connectivity index (χ1n) is 10.7. The van der Waals surface area contributed by atoms with Crippen molar-refractivity contribution in [3.8, 4) is 0 Å². The average Bonchev–Trinajstić information content (AvgIpc) is 2.93. The fourth-order valence-corrected chi connectivity index (χ4v) is 3.12. The number of carbonyl (C=O) groups is 2. The van der Waals surface area contributed by atoms with Crippen molar-refractivity contribution in [3.63, 3.8) is 0 Å². The van der Waals surface area contributed by atoms with E-state index < -0.39 is 53.0 Å². The number of aliphatic hydroxyl groups excluding tert-OH is 2. The van der Waals surface area contributed by atoms with Gasteiger partial charge in [0.2, 0.25) is 0 Å². The van der Waals surface area contributed by atoms with Crippen molar-refractivity contribution in [2.75, 3.05) is 6.61 Å². The van der Waals surface area contributed by atoms with Gasteiger partial charge >= 0.3 is 11.9 Å². The maximum absolute atomic E-state index is 12.6. The zero-order valence-corrected chi connectivity index (χ0v) is 20.0. The van der Waals surface area contributed by atoms with E-state index in [9.17, 15) is 19.8 Å². The number of hydrogen-bond donors (Lipinski definition) is 2. The summed E-state index contributed by atoms with van der Waals surface area (Å²) in [6.45, 7) is 11.6. The molecule has 8 heteroatoms. The number of hydrogen-bond acceptors (Lipinski definition) is 8. The molecule has 1 aromatic carbocycles. The highest BCUT2D eigenvalue weighted by Gasteiger charge is 2.58. The lowest BCUT2D eigenvalue weighted by molar-refractivity contribution is -0.199. The average molecular weight is 453 g/mol. The van der Waals surface area contributed by atoms with Crippen molar-refractivity contribution in [2.24, 2.45) is 10.8 Å². The Balaban J connectivity index is 2.29. The number of benzene rings is 1. The van der Waals surface area contributed by atoms with E-state index in [1.165, 1.54) is 0 Å². The highest BCUT2D eigenvalue weighted by molar-refractivity contribution is 5.76. The smallest absolute Gasteiger partial charge is 0.311 e. The minimum atomic E-state index is -1.56. The molecule has 1 aliphatic rings. The third kappa shape index (κ3) is 6.28. The van der Waals surface area contributed by atoms with Crippen molar-refractivity contribution >= 4 is 11.9 Å². The van der Waals surface area contributed by atoms with E-state index >= 15 is 0 Å². The van der Waals surface area contributed by atoms with Gasteiger partial charge in [0.25, 0.3) is 0 Å². The second-order valence-corrected chi connectivity index (χ2v) is 10.4. The molecule has 0 bridgehead atoms. The summed E-state index contributed by atoms with van der Waals surface area (Å²) < 4.78 is 22.7. The first-order chi connectivity index (χ1) is 14.7. The minimum Gasteiger partial charge on any atom is -0.461 e. The van der Waals surface area contributed by atoms with Gasteiger partial charge in [-0.1, -0.05) is 30.3 Å². The molecule has 2 N–H and O–H groups in total. The van der Waals surface area contributed by atoms with Gasteiger partial charge in [0.1, 0.15) is 24.4 Å². The van der Waals surface area contributed by atoms with Crippen LogP contribution < -0.4 is 0 Å². The molecule has 1 fully saturated rings. The summed E-state index contributed by atoms with van der Waals surface area (Å²) in [5, 5.41) is 20.9. The summed E-state index contributed by atoms with van der Waals surface area (Å²) >= 11 is 0. The maximum atomic E-state index is 12.6. The predicted molar refractivity (Wildman–Crippen MR) is 116 cm³/mol. The van der Waals surface area contributed by atoms with Crippen LogP contribution in [0.5, 0.6) is 0 Å². The van der Waals surface area contributed by atoms with E-state index in [0.717, 1.165) is 5.56 Å². The van der Waals surface area contributed by atoms with Crippen molar-refractivity contribution in [3.05, 3.63) is 35.9 Å². The first kappa shape index (κ1) is 26.3. The lowest BCUT2D eigenvalue weighted by Gasteiger charge is -2.37. The van der Waals surface area contributed by atoms with Gasteiger partial charge in [-0.05, 0) is 54.0 Å². The summed E-state index contributed by atoms with van der Waals surface area (Å²) in [5.41, 5.74) is -2.18. The Hall–Kier alpha value is -2.00. The van der Waals surface area contributed by atoms with Gasteiger partial charge < -0.3 is 29.2 Å². The number of ether oxygens (including phenoxy) is 4. The molecule has 1 aromatic rings. The molecule has 1 saturated heterocycles. The molecule has 0 aliphatic carbocycles. The molecule has 1 unspecified atom stereocenters. The summed E-state index contributed by atoms with van der Waals surface area (Å²) in [5.74, 6) is -1.03. The Labute approximate surface area is 189 Å². The lowest BCUT2D eigenvalue weighted by atomic mass is 9.90. The number of rotatable bonds is 7. The van der Waals surface area contributed by atoms with Crippen molar-refractivity contribution < 1.29 is 38.7 Å². The van der Waals surface area contributed by atoms with E-state index in [1.807, 2.05) is 30.3 Å². The van der Waals surface area contributed by atoms with Crippen molar-refractivity contribution in [1.29, 1.82) is 0 Å². The van der Waals surface area contributed by atoms with Crippen LogP contribution in [-0.4, -0.2) is 59.0 Å². The molecule has 5 atom stereocenters. The van der Waals surface area contributed by atoms with Crippen molar-refractivity contribution in [1.82, 2.24) is 0 Å². The molecule has 1 aliphatic heterocycles. The van der Waals surface area contributed by atoms with Crippen molar-refractivity contribution in [2.45, 2.75) is 85.3 Å². The van der Waals surface area contributed by atoms with Crippen LogP contribution in [0.1, 0.15) is 54.0 Å². The molecule has 0 saturated carbocycles. The molecular weight excluding hydrogens is 416 g/mol. The standard InChI is InChI=1S/C24H36O8/c1-22(2,3)20(27)29-14-16(31-21(28)23(4,5)6)18-24(7,17(25)19(26)32-18)30-13-15-11-9-8-10-12-15/h8-12,16-19,25-26H,13-14H2,1-7H3/t16-,17+,18-,19?,24+/m1/s1. The van der Waals surface area contributed by atoms with Crippen LogP contribution in [0.15, 0.2) is 30.3 Å². The fourth-order valence-electron chi connectivity index (χ4n) is 3.12. The van der Waals surface area contributed by atoms with Gasteiger partial charge in [-0.25, -0.2) is 0 Å². The number of carbonyl (C=O) groups excluding carboxylic acids is 2. The predicted octanol–water partition coefficient (Wildman–Crippen LogP) is 2.59. The molecule has 180 valence electrons. The van der Waals surface area contributed by atoms with Crippen LogP contribution in [-0.2, 0) is 35.1 Å². The highest BCUT2D eigenvalue weighted by Crippen LogP contribution is 2.38.